The highest BCUT2D eigenvalue weighted by atomic mass is 19.3. The molecule has 2 aromatic heterocycles. The van der Waals surface area contributed by atoms with Gasteiger partial charge >= 0.3 is 0 Å². The number of nitrogens with zero attached hydrogens (tertiary/aromatic N) is 2. The van der Waals surface area contributed by atoms with E-state index in [9.17, 15) is 18.4 Å². The van der Waals surface area contributed by atoms with Gasteiger partial charge in [-0.2, -0.15) is 0 Å². The first-order chi connectivity index (χ1) is 14.8. The van der Waals surface area contributed by atoms with Gasteiger partial charge in [0.2, 0.25) is 11.5 Å². The molecule has 0 radical (unpaired) electrons. The van der Waals surface area contributed by atoms with Gasteiger partial charge in [0, 0.05) is 38.0 Å². The van der Waals surface area contributed by atoms with E-state index in [1.54, 1.807) is 24.1 Å². The Kier molecular flexibility index (Phi) is 6.15. The molecule has 9 heteroatoms. The van der Waals surface area contributed by atoms with Crippen LogP contribution in [0.1, 0.15) is 43.2 Å². The van der Waals surface area contributed by atoms with Gasteiger partial charge in [-0.3, -0.25) is 14.5 Å². The Hall–Kier alpha value is -2.65. The van der Waals surface area contributed by atoms with E-state index in [-0.39, 0.29) is 31.0 Å². The molecule has 0 bridgehead atoms. The Morgan fingerprint density at radius 3 is 2.81 bits per heavy atom. The molecule has 1 saturated heterocycles. The van der Waals surface area contributed by atoms with E-state index >= 15 is 0 Å². The zero-order valence-corrected chi connectivity index (χ0v) is 17.3. The van der Waals surface area contributed by atoms with Crippen molar-refractivity contribution in [1.29, 1.82) is 0 Å². The molecule has 0 aromatic carbocycles. The van der Waals surface area contributed by atoms with Crippen LogP contribution in [0.5, 0.6) is 0 Å². The highest BCUT2D eigenvalue weighted by Crippen LogP contribution is 2.40. The monoisotopic (exact) mass is 432 g/mol. The van der Waals surface area contributed by atoms with E-state index in [0.29, 0.717) is 24.1 Å². The van der Waals surface area contributed by atoms with Crippen LogP contribution in [0.25, 0.3) is 0 Å². The van der Waals surface area contributed by atoms with Gasteiger partial charge in [-0.15, -0.1) is 0 Å². The summed E-state index contributed by atoms with van der Waals surface area (Å²) in [6, 6.07) is 5.61. The van der Waals surface area contributed by atoms with Crippen molar-refractivity contribution >= 4 is 11.7 Å². The number of carbonyl (C=O) groups excluding carboxylic acids is 1. The van der Waals surface area contributed by atoms with Gasteiger partial charge in [0.05, 0.1) is 24.7 Å². The summed E-state index contributed by atoms with van der Waals surface area (Å²) < 4.78 is 34.7. The Bertz CT molecular complexity index is 955. The van der Waals surface area contributed by atoms with Crippen molar-refractivity contribution in [3.05, 3.63) is 58.1 Å². The first-order valence-corrected chi connectivity index (χ1v) is 10.5. The number of hydrogen-bond acceptors (Lipinski definition) is 5. The van der Waals surface area contributed by atoms with Crippen molar-refractivity contribution in [3.63, 3.8) is 0 Å². The van der Waals surface area contributed by atoms with Crippen LogP contribution in [0.2, 0.25) is 0 Å². The Labute approximate surface area is 178 Å². The van der Waals surface area contributed by atoms with E-state index in [4.69, 9.17) is 4.74 Å². The van der Waals surface area contributed by atoms with Crippen LogP contribution in [0, 0.1) is 0 Å². The number of aromatic amines is 1. The van der Waals surface area contributed by atoms with Crippen molar-refractivity contribution in [1.82, 2.24) is 14.9 Å². The number of alkyl halides is 2. The molecule has 3 heterocycles. The van der Waals surface area contributed by atoms with E-state index < -0.39 is 17.9 Å². The molecule has 1 saturated carbocycles. The fraction of sp³-hybridized carbons (Fsp3) is 0.500. The Balaban J connectivity index is 1.37. The third-order valence-electron chi connectivity index (χ3n) is 5.88. The molecule has 7 nitrogen and oxygen atoms in total. The summed E-state index contributed by atoms with van der Waals surface area (Å²) >= 11 is 0. The molecule has 2 N–H and O–H groups in total. The van der Waals surface area contributed by atoms with E-state index in [2.05, 4.69) is 15.3 Å². The van der Waals surface area contributed by atoms with E-state index in [0.717, 1.165) is 18.4 Å². The molecule has 4 rings (SSSR count). The topological polar surface area (TPSA) is 87.3 Å². The maximum Gasteiger partial charge on any atom is 0.257 e. The fourth-order valence-electron chi connectivity index (χ4n) is 3.70. The molecular formula is C22H26F2N4O3. The van der Waals surface area contributed by atoms with Crippen molar-refractivity contribution in [2.45, 2.75) is 56.8 Å². The fourth-order valence-corrected chi connectivity index (χ4v) is 3.70. The zero-order chi connectivity index (χ0) is 22.0. The Morgan fingerprint density at radius 2 is 2.16 bits per heavy atom. The number of hydrogen-bond donors (Lipinski definition) is 2. The first kappa shape index (κ1) is 21.6. The zero-order valence-electron chi connectivity index (χ0n) is 17.3. The van der Waals surface area contributed by atoms with Crippen molar-refractivity contribution in [3.8, 4) is 0 Å². The summed E-state index contributed by atoms with van der Waals surface area (Å²) in [7, 11) is 0. The number of likely N-dealkylation sites (tertiary alicyclic amines) is 1. The predicted octanol–water partition coefficient (Wildman–Crippen LogP) is 2.90. The van der Waals surface area contributed by atoms with Gasteiger partial charge in [-0.05, 0) is 37.0 Å². The first-order valence-electron chi connectivity index (χ1n) is 10.5. The minimum Gasteiger partial charge on any atom is -0.373 e. The van der Waals surface area contributed by atoms with Crippen LogP contribution >= 0.6 is 0 Å². The second-order valence-corrected chi connectivity index (χ2v) is 8.27. The average molecular weight is 432 g/mol. The lowest BCUT2D eigenvalue weighted by atomic mass is 9.87. The smallest absolute Gasteiger partial charge is 0.257 e. The molecule has 2 aliphatic rings. The van der Waals surface area contributed by atoms with Crippen molar-refractivity contribution < 1.29 is 18.3 Å². The Morgan fingerprint density at radius 1 is 1.35 bits per heavy atom. The van der Waals surface area contributed by atoms with Gasteiger partial charge < -0.3 is 15.0 Å². The number of nitrogens with one attached hydrogen (secondary N) is 2. The van der Waals surface area contributed by atoms with E-state index in [1.807, 2.05) is 6.07 Å². The molecule has 0 spiro atoms. The van der Waals surface area contributed by atoms with Gasteiger partial charge in [-0.25, -0.2) is 13.8 Å². The minimum absolute atomic E-state index is 0.0124. The van der Waals surface area contributed by atoms with Gasteiger partial charge in [0.25, 0.3) is 5.92 Å². The highest BCUT2D eigenvalue weighted by molar-refractivity contribution is 5.93. The SMILES string of the molecule is CC(C(=O)Nc1ccc(COC2CC2)cn1)N1CCC(F)(F)C(c2ccc(=O)[nH]c2)C1. The number of anilines is 1. The van der Waals surface area contributed by atoms with Gasteiger partial charge in [0.15, 0.2) is 0 Å². The molecule has 2 fully saturated rings. The molecule has 166 valence electrons. The molecule has 2 aromatic rings. The van der Waals surface area contributed by atoms with Crippen LogP contribution in [0.4, 0.5) is 14.6 Å². The molecule has 2 atom stereocenters. The molecule has 1 aliphatic heterocycles. The number of pyridine rings is 2. The largest absolute Gasteiger partial charge is 0.373 e. The quantitative estimate of drug-likeness (QED) is 0.703. The van der Waals surface area contributed by atoms with Crippen molar-refractivity contribution in [2.24, 2.45) is 0 Å². The number of halogens is 2. The number of amides is 1. The maximum absolute atomic E-state index is 14.6. The molecule has 2 unspecified atom stereocenters. The second kappa shape index (κ2) is 8.84. The third kappa shape index (κ3) is 5.34. The summed E-state index contributed by atoms with van der Waals surface area (Å²) in [5.74, 6) is -3.91. The molecule has 31 heavy (non-hydrogen) atoms. The number of piperidine rings is 1. The molecule has 1 aliphatic carbocycles. The normalized spacial score (nSPS) is 22.1. The molecule has 1 amide bonds. The van der Waals surface area contributed by atoms with Crippen molar-refractivity contribution in [2.75, 3.05) is 18.4 Å². The average Bonchev–Trinajstić information content (AvgIpc) is 3.58. The number of carbonyl (C=O) groups is 1. The molecular weight excluding hydrogens is 406 g/mol. The number of aromatic nitrogens is 2. The lowest BCUT2D eigenvalue weighted by molar-refractivity contribution is -0.125. The number of H-pyrrole nitrogens is 1. The standard InChI is InChI=1S/C22H26F2N4O3/c1-14(21(30)27-19-6-2-15(10-25-19)13-31-17-4-5-17)28-9-8-22(23,24)18(12-28)16-3-7-20(29)26-11-16/h2-3,6-7,10-11,14,17-18H,4-5,8-9,12-13H2,1H3,(H,26,29)(H,25,27,30). The predicted molar refractivity (Wildman–Crippen MR) is 111 cm³/mol. The van der Waals surface area contributed by atoms with Gasteiger partial charge in [0.1, 0.15) is 5.82 Å². The van der Waals surface area contributed by atoms with Crippen LogP contribution in [0.15, 0.2) is 41.5 Å². The van der Waals surface area contributed by atoms with Crippen LogP contribution in [0.3, 0.4) is 0 Å². The third-order valence-corrected chi connectivity index (χ3v) is 5.88. The summed E-state index contributed by atoms with van der Waals surface area (Å²) in [4.78, 5) is 32.4. The van der Waals surface area contributed by atoms with Crippen LogP contribution in [-0.4, -0.2) is 51.9 Å². The second-order valence-electron chi connectivity index (χ2n) is 8.27. The van der Waals surface area contributed by atoms with Gasteiger partial charge in [-0.1, -0.05) is 12.1 Å². The minimum atomic E-state index is -2.91. The summed E-state index contributed by atoms with van der Waals surface area (Å²) in [5, 5.41) is 2.76. The van der Waals surface area contributed by atoms with Crippen LogP contribution in [-0.2, 0) is 16.1 Å². The number of ether oxygens (including phenoxy) is 1. The van der Waals surface area contributed by atoms with E-state index in [1.165, 1.54) is 18.3 Å². The summed E-state index contributed by atoms with van der Waals surface area (Å²) in [6.45, 7) is 2.31. The van der Waals surface area contributed by atoms with Crippen LogP contribution < -0.4 is 10.9 Å². The number of rotatable bonds is 7. The highest BCUT2D eigenvalue weighted by Gasteiger charge is 2.46. The lowest BCUT2D eigenvalue weighted by Gasteiger charge is -2.40. The maximum atomic E-state index is 14.6. The summed E-state index contributed by atoms with van der Waals surface area (Å²) in [6.07, 6.45) is 5.19. The lowest BCUT2D eigenvalue weighted by Crippen LogP contribution is -2.52. The summed E-state index contributed by atoms with van der Waals surface area (Å²) in [5.41, 5.74) is 0.942.